The molecule has 1 fully saturated rings. The van der Waals surface area contributed by atoms with Crippen LogP contribution in [0.25, 0.3) is 0 Å². The molecule has 0 aliphatic carbocycles. The highest BCUT2D eigenvalue weighted by Crippen LogP contribution is 2.35. The van der Waals surface area contributed by atoms with Crippen LogP contribution >= 0.6 is 0 Å². The van der Waals surface area contributed by atoms with Gasteiger partial charge in [0.1, 0.15) is 0 Å². The zero-order valence-corrected chi connectivity index (χ0v) is 7.12. The maximum atomic E-state index is 12.2. The first kappa shape index (κ1) is 9.84. The third-order valence-electron chi connectivity index (χ3n) is 2.61. The summed E-state index contributed by atoms with van der Waals surface area (Å²) in [6.07, 6.45) is -2.70. The van der Waals surface area contributed by atoms with Crippen LogP contribution in [-0.4, -0.2) is 19.3 Å². The Hall–Kier alpha value is -0.250. The third kappa shape index (κ3) is 2.37. The number of rotatable bonds is 1. The Morgan fingerprint density at radius 2 is 1.75 bits per heavy atom. The lowest BCUT2D eigenvalue weighted by Crippen LogP contribution is -2.36. The maximum Gasteiger partial charge on any atom is 0.391 e. The number of hydrogen-bond donors (Lipinski definition) is 1. The highest BCUT2D eigenvalue weighted by molar-refractivity contribution is 4.77. The van der Waals surface area contributed by atoms with Gasteiger partial charge in [-0.3, -0.25) is 0 Å². The highest BCUT2D eigenvalue weighted by Gasteiger charge is 2.41. The Labute approximate surface area is 70.3 Å². The Morgan fingerprint density at radius 3 is 2.17 bits per heavy atom. The van der Waals surface area contributed by atoms with Crippen molar-refractivity contribution in [3.8, 4) is 0 Å². The third-order valence-corrected chi connectivity index (χ3v) is 2.61. The Kier molecular flexibility index (Phi) is 2.99. The van der Waals surface area contributed by atoms with E-state index in [1.807, 2.05) is 0 Å². The van der Waals surface area contributed by atoms with E-state index in [0.29, 0.717) is 12.8 Å². The van der Waals surface area contributed by atoms with Crippen molar-refractivity contribution in [2.45, 2.75) is 25.9 Å². The van der Waals surface area contributed by atoms with E-state index in [1.165, 1.54) is 6.92 Å². The van der Waals surface area contributed by atoms with Gasteiger partial charge in [0.2, 0.25) is 0 Å². The second kappa shape index (κ2) is 3.64. The topological polar surface area (TPSA) is 12.0 Å². The molecule has 0 aromatic carbocycles. The van der Waals surface area contributed by atoms with Gasteiger partial charge < -0.3 is 5.32 Å². The minimum Gasteiger partial charge on any atom is -0.317 e. The van der Waals surface area contributed by atoms with Gasteiger partial charge in [-0.05, 0) is 31.8 Å². The largest absolute Gasteiger partial charge is 0.391 e. The summed E-state index contributed by atoms with van der Waals surface area (Å²) < 4.78 is 36.6. The van der Waals surface area contributed by atoms with E-state index in [9.17, 15) is 13.2 Å². The van der Waals surface area contributed by atoms with Crippen LogP contribution in [-0.2, 0) is 0 Å². The summed E-state index contributed by atoms with van der Waals surface area (Å²) in [5.74, 6) is -1.31. The number of piperidine rings is 1. The van der Waals surface area contributed by atoms with E-state index in [0.717, 1.165) is 13.1 Å². The first-order valence-corrected chi connectivity index (χ1v) is 4.29. The monoisotopic (exact) mass is 181 g/mol. The second-order valence-corrected chi connectivity index (χ2v) is 3.42. The molecule has 0 aromatic rings. The molecule has 1 heterocycles. The van der Waals surface area contributed by atoms with Crippen LogP contribution in [0.15, 0.2) is 0 Å². The Bertz CT molecular complexity index is 138. The Balaban J connectivity index is 2.45. The van der Waals surface area contributed by atoms with Crippen LogP contribution in [0, 0.1) is 11.8 Å². The number of nitrogens with one attached hydrogen (secondary N) is 1. The second-order valence-electron chi connectivity index (χ2n) is 3.42. The van der Waals surface area contributed by atoms with Crippen molar-refractivity contribution in [2.75, 3.05) is 13.1 Å². The molecule has 1 unspecified atom stereocenters. The summed E-state index contributed by atoms with van der Waals surface area (Å²) in [6, 6.07) is 0. The van der Waals surface area contributed by atoms with Crippen LogP contribution in [0.2, 0.25) is 0 Å². The normalized spacial score (nSPS) is 24.0. The van der Waals surface area contributed by atoms with Gasteiger partial charge in [-0.25, -0.2) is 0 Å². The molecule has 1 rings (SSSR count). The van der Waals surface area contributed by atoms with Gasteiger partial charge in [0.15, 0.2) is 0 Å². The minimum absolute atomic E-state index is 0.175. The molecule has 0 amide bonds. The molecular weight excluding hydrogens is 167 g/mol. The fourth-order valence-corrected chi connectivity index (χ4v) is 1.61. The molecule has 0 aromatic heterocycles. The molecule has 1 aliphatic heterocycles. The molecular formula is C8H14F3N. The average molecular weight is 181 g/mol. The Morgan fingerprint density at radius 1 is 1.25 bits per heavy atom. The zero-order chi connectivity index (χ0) is 9.19. The summed E-state index contributed by atoms with van der Waals surface area (Å²) in [4.78, 5) is 0. The fraction of sp³-hybridized carbons (Fsp3) is 1.00. The fourth-order valence-electron chi connectivity index (χ4n) is 1.61. The average Bonchev–Trinajstić information content (AvgIpc) is 2.03. The predicted octanol–water partition coefficient (Wildman–Crippen LogP) is 2.18. The van der Waals surface area contributed by atoms with E-state index >= 15 is 0 Å². The van der Waals surface area contributed by atoms with Crippen molar-refractivity contribution in [3.05, 3.63) is 0 Å². The molecule has 0 spiro atoms. The van der Waals surface area contributed by atoms with Crippen molar-refractivity contribution >= 4 is 0 Å². The number of hydrogen-bond acceptors (Lipinski definition) is 1. The van der Waals surface area contributed by atoms with Crippen molar-refractivity contribution in [1.29, 1.82) is 0 Å². The van der Waals surface area contributed by atoms with Crippen LogP contribution in [0.3, 0.4) is 0 Å². The summed E-state index contributed by atoms with van der Waals surface area (Å²) in [5.41, 5.74) is 0. The first-order chi connectivity index (χ1) is 5.52. The maximum absolute atomic E-state index is 12.2. The number of alkyl halides is 3. The molecule has 0 radical (unpaired) electrons. The molecule has 4 heteroatoms. The van der Waals surface area contributed by atoms with Crippen LogP contribution in [0.5, 0.6) is 0 Å². The van der Waals surface area contributed by atoms with Crippen LogP contribution < -0.4 is 5.32 Å². The van der Waals surface area contributed by atoms with E-state index in [-0.39, 0.29) is 5.92 Å². The minimum atomic E-state index is -4.01. The van der Waals surface area contributed by atoms with E-state index in [1.54, 1.807) is 0 Å². The number of halogens is 3. The first-order valence-electron chi connectivity index (χ1n) is 4.29. The van der Waals surface area contributed by atoms with Crippen LogP contribution in [0.1, 0.15) is 19.8 Å². The molecule has 1 aliphatic rings. The molecule has 1 N–H and O–H groups in total. The smallest absolute Gasteiger partial charge is 0.317 e. The molecule has 0 saturated carbocycles. The summed E-state index contributed by atoms with van der Waals surface area (Å²) >= 11 is 0. The van der Waals surface area contributed by atoms with Crippen molar-refractivity contribution in [3.63, 3.8) is 0 Å². The van der Waals surface area contributed by atoms with E-state index in [4.69, 9.17) is 0 Å². The van der Waals surface area contributed by atoms with Gasteiger partial charge in [-0.15, -0.1) is 0 Å². The quantitative estimate of drug-likeness (QED) is 0.653. The SMILES string of the molecule is CC(C1CCNCC1)C(F)(F)F. The summed E-state index contributed by atoms with van der Waals surface area (Å²) in [7, 11) is 0. The summed E-state index contributed by atoms with van der Waals surface area (Å²) in [6.45, 7) is 2.74. The standard InChI is InChI=1S/C8H14F3N/c1-6(8(9,10)11)7-2-4-12-5-3-7/h6-7,12H,2-5H2,1H3. The van der Waals surface area contributed by atoms with Crippen molar-refractivity contribution in [1.82, 2.24) is 5.32 Å². The molecule has 1 saturated heterocycles. The van der Waals surface area contributed by atoms with E-state index in [2.05, 4.69) is 5.32 Å². The lowest BCUT2D eigenvalue weighted by molar-refractivity contribution is -0.185. The molecule has 1 atom stereocenters. The van der Waals surface area contributed by atoms with Crippen molar-refractivity contribution < 1.29 is 13.2 Å². The highest BCUT2D eigenvalue weighted by atomic mass is 19.4. The zero-order valence-electron chi connectivity index (χ0n) is 7.12. The van der Waals surface area contributed by atoms with Crippen molar-refractivity contribution in [2.24, 2.45) is 11.8 Å². The van der Waals surface area contributed by atoms with Gasteiger partial charge in [-0.1, -0.05) is 6.92 Å². The van der Waals surface area contributed by atoms with Gasteiger partial charge >= 0.3 is 6.18 Å². The molecule has 12 heavy (non-hydrogen) atoms. The summed E-state index contributed by atoms with van der Waals surface area (Å²) in [5, 5.41) is 3.05. The van der Waals surface area contributed by atoms with Gasteiger partial charge in [0.05, 0.1) is 5.92 Å². The molecule has 1 nitrogen and oxygen atoms in total. The lowest BCUT2D eigenvalue weighted by Gasteiger charge is -2.29. The van der Waals surface area contributed by atoms with Gasteiger partial charge in [0.25, 0.3) is 0 Å². The van der Waals surface area contributed by atoms with Gasteiger partial charge in [-0.2, -0.15) is 13.2 Å². The predicted molar refractivity (Wildman–Crippen MR) is 40.8 cm³/mol. The molecule has 72 valence electrons. The van der Waals surface area contributed by atoms with Gasteiger partial charge in [0, 0.05) is 0 Å². The van der Waals surface area contributed by atoms with E-state index < -0.39 is 12.1 Å². The van der Waals surface area contributed by atoms with Crippen LogP contribution in [0.4, 0.5) is 13.2 Å². The lowest BCUT2D eigenvalue weighted by atomic mass is 9.86. The molecule has 0 bridgehead atoms.